The number of hydrogen-bond donors (Lipinski definition) is 1. The maximum atomic E-state index is 12.8. The molecule has 2 aromatic carbocycles. The van der Waals surface area contributed by atoms with Crippen LogP contribution in [0.4, 0.5) is 0 Å². The Labute approximate surface area is 165 Å². The first-order chi connectivity index (χ1) is 13.2. The van der Waals surface area contributed by atoms with Crippen LogP contribution in [0.1, 0.15) is 43.7 Å². The van der Waals surface area contributed by atoms with Gasteiger partial charge in [0.25, 0.3) is 0 Å². The topological polar surface area (TPSA) is 102 Å². The Hall–Kier alpha value is -2.67. The number of aliphatic hydroxyl groups is 1. The van der Waals surface area contributed by atoms with Crippen LogP contribution in [0.3, 0.4) is 0 Å². The van der Waals surface area contributed by atoms with E-state index in [1.54, 1.807) is 43.3 Å². The lowest BCUT2D eigenvalue weighted by molar-refractivity contribution is 0.0108. The zero-order valence-corrected chi connectivity index (χ0v) is 16.5. The van der Waals surface area contributed by atoms with Gasteiger partial charge in [-0.15, -0.1) is 0 Å². The van der Waals surface area contributed by atoms with Crippen molar-refractivity contribution in [2.45, 2.75) is 43.1 Å². The summed E-state index contributed by atoms with van der Waals surface area (Å²) in [4.78, 5) is 0.265. The average Bonchev–Trinajstić information content (AvgIpc) is 2.69. The maximum absolute atomic E-state index is 12.8. The molecule has 1 N–H and O–H groups in total. The van der Waals surface area contributed by atoms with Crippen LogP contribution in [0.25, 0.3) is 11.1 Å². The highest BCUT2D eigenvalue weighted by Crippen LogP contribution is 2.33. The third-order valence-corrected chi connectivity index (χ3v) is 7.33. The summed E-state index contributed by atoms with van der Waals surface area (Å²) in [5, 5.41) is 28.3. The van der Waals surface area contributed by atoms with Gasteiger partial charge in [-0.2, -0.15) is 10.5 Å². The minimum absolute atomic E-state index is 0.0635. The molecular weight excluding hydrogens is 372 g/mol. The summed E-state index contributed by atoms with van der Waals surface area (Å²) in [6.07, 6.45) is 2.67. The number of rotatable bonds is 4. The van der Waals surface area contributed by atoms with Crippen molar-refractivity contribution in [2.24, 2.45) is 5.92 Å². The van der Waals surface area contributed by atoms with Gasteiger partial charge in [0.05, 0.1) is 39.5 Å². The fourth-order valence-corrected chi connectivity index (χ4v) is 5.37. The van der Waals surface area contributed by atoms with Crippen molar-refractivity contribution in [3.63, 3.8) is 0 Å². The standard InChI is InChI=1S/C22H22N2O3S/c1-22(25)10-8-16(9-11-22)15-28(26,27)20-5-3-18(4-6-20)21-7-2-17(13-23)12-19(21)14-24/h2-7,12,16,25H,8-11,15H2,1H3/t16-,22-. The molecule has 0 saturated heterocycles. The molecule has 0 bridgehead atoms. The first-order valence-corrected chi connectivity index (χ1v) is 10.9. The molecule has 1 aliphatic carbocycles. The molecule has 2 aromatic rings. The smallest absolute Gasteiger partial charge is 0.178 e. The van der Waals surface area contributed by atoms with Gasteiger partial charge in [0, 0.05) is 0 Å². The average molecular weight is 394 g/mol. The van der Waals surface area contributed by atoms with Crippen molar-refractivity contribution in [1.82, 2.24) is 0 Å². The van der Waals surface area contributed by atoms with Crippen LogP contribution >= 0.6 is 0 Å². The number of benzene rings is 2. The molecule has 0 amide bonds. The van der Waals surface area contributed by atoms with Gasteiger partial charge in [0.2, 0.25) is 0 Å². The van der Waals surface area contributed by atoms with Gasteiger partial charge >= 0.3 is 0 Å². The molecule has 0 atom stereocenters. The highest BCUT2D eigenvalue weighted by Gasteiger charge is 2.31. The lowest BCUT2D eigenvalue weighted by atomic mass is 9.81. The number of hydrogen-bond acceptors (Lipinski definition) is 5. The van der Waals surface area contributed by atoms with E-state index in [1.807, 2.05) is 6.07 Å². The van der Waals surface area contributed by atoms with Gasteiger partial charge in [-0.05, 0) is 73.9 Å². The summed E-state index contributed by atoms with van der Waals surface area (Å²) < 4.78 is 25.5. The molecule has 144 valence electrons. The second-order valence-corrected chi connectivity index (χ2v) is 9.76. The Morgan fingerprint density at radius 2 is 1.71 bits per heavy atom. The normalized spacial score (nSPS) is 22.2. The van der Waals surface area contributed by atoms with Crippen molar-refractivity contribution in [3.8, 4) is 23.3 Å². The lowest BCUT2D eigenvalue weighted by Gasteiger charge is -2.32. The molecule has 0 unspecified atom stereocenters. The molecule has 0 aliphatic heterocycles. The molecule has 1 saturated carbocycles. The minimum Gasteiger partial charge on any atom is -0.390 e. The van der Waals surface area contributed by atoms with E-state index in [9.17, 15) is 18.8 Å². The van der Waals surface area contributed by atoms with Crippen LogP contribution in [-0.2, 0) is 9.84 Å². The molecular formula is C22H22N2O3S. The van der Waals surface area contributed by atoms with Crippen molar-refractivity contribution < 1.29 is 13.5 Å². The summed E-state index contributed by atoms with van der Waals surface area (Å²) in [7, 11) is -3.41. The van der Waals surface area contributed by atoms with Gasteiger partial charge < -0.3 is 5.11 Å². The fourth-order valence-electron chi connectivity index (χ4n) is 3.67. The Morgan fingerprint density at radius 1 is 1.07 bits per heavy atom. The zero-order valence-electron chi connectivity index (χ0n) is 15.7. The third kappa shape index (κ3) is 4.42. The van der Waals surface area contributed by atoms with Crippen molar-refractivity contribution in [3.05, 3.63) is 53.6 Å². The van der Waals surface area contributed by atoms with Gasteiger partial charge in [-0.3, -0.25) is 0 Å². The Balaban J connectivity index is 1.79. The molecule has 28 heavy (non-hydrogen) atoms. The Kier molecular flexibility index (Phi) is 5.56. The molecule has 0 heterocycles. The number of nitriles is 2. The van der Waals surface area contributed by atoms with Crippen LogP contribution in [0.15, 0.2) is 47.4 Å². The van der Waals surface area contributed by atoms with Crippen molar-refractivity contribution in [1.29, 1.82) is 10.5 Å². The van der Waals surface area contributed by atoms with E-state index in [4.69, 9.17) is 5.26 Å². The van der Waals surface area contributed by atoms with Crippen LogP contribution in [0, 0.1) is 28.6 Å². The molecule has 1 aliphatic rings. The second kappa shape index (κ2) is 7.75. The van der Waals surface area contributed by atoms with Crippen molar-refractivity contribution in [2.75, 3.05) is 5.75 Å². The summed E-state index contributed by atoms with van der Waals surface area (Å²) in [6, 6.07) is 15.5. The van der Waals surface area contributed by atoms with E-state index < -0.39 is 15.4 Å². The van der Waals surface area contributed by atoms with Crippen LogP contribution in [0.2, 0.25) is 0 Å². The van der Waals surface area contributed by atoms with Crippen LogP contribution < -0.4 is 0 Å². The summed E-state index contributed by atoms with van der Waals surface area (Å²) >= 11 is 0. The zero-order chi connectivity index (χ0) is 20.4. The predicted molar refractivity (Wildman–Crippen MR) is 106 cm³/mol. The van der Waals surface area contributed by atoms with Crippen LogP contribution in [0.5, 0.6) is 0 Å². The van der Waals surface area contributed by atoms with Gasteiger partial charge in [0.15, 0.2) is 9.84 Å². The molecule has 6 heteroatoms. The van der Waals surface area contributed by atoms with Crippen molar-refractivity contribution >= 4 is 9.84 Å². The fraction of sp³-hybridized carbons (Fsp3) is 0.364. The quantitative estimate of drug-likeness (QED) is 0.849. The molecule has 1 fully saturated rings. The first kappa shape index (κ1) is 20.1. The van der Waals surface area contributed by atoms with Gasteiger partial charge in [-0.25, -0.2) is 8.42 Å². The Bertz CT molecular complexity index is 1050. The summed E-state index contributed by atoms with van der Waals surface area (Å²) in [6.45, 7) is 1.80. The van der Waals surface area contributed by atoms with E-state index in [-0.39, 0.29) is 16.6 Å². The Morgan fingerprint density at radius 3 is 2.29 bits per heavy atom. The van der Waals surface area contributed by atoms with Gasteiger partial charge in [-0.1, -0.05) is 18.2 Å². The molecule has 0 spiro atoms. The third-order valence-electron chi connectivity index (χ3n) is 5.43. The van der Waals surface area contributed by atoms with Gasteiger partial charge in [0.1, 0.15) is 0 Å². The van der Waals surface area contributed by atoms with E-state index in [0.29, 0.717) is 42.4 Å². The van der Waals surface area contributed by atoms with Crippen LogP contribution in [-0.4, -0.2) is 24.9 Å². The summed E-state index contributed by atoms with van der Waals surface area (Å²) in [5.41, 5.74) is 1.50. The SMILES string of the molecule is C[C@]1(O)CC[C@H](CS(=O)(=O)c2ccc(-c3ccc(C#N)cc3C#N)cc2)CC1. The molecule has 5 nitrogen and oxygen atoms in total. The number of sulfone groups is 1. The highest BCUT2D eigenvalue weighted by atomic mass is 32.2. The predicted octanol–water partition coefficient (Wildman–Crippen LogP) is 3.81. The largest absolute Gasteiger partial charge is 0.390 e. The minimum atomic E-state index is -3.41. The highest BCUT2D eigenvalue weighted by molar-refractivity contribution is 7.91. The molecule has 3 rings (SSSR count). The second-order valence-electron chi connectivity index (χ2n) is 7.73. The molecule has 0 aromatic heterocycles. The monoisotopic (exact) mass is 394 g/mol. The van der Waals surface area contributed by atoms with E-state index in [0.717, 1.165) is 5.56 Å². The van der Waals surface area contributed by atoms with E-state index in [2.05, 4.69) is 6.07 Å². The summed E-state index contributed by atoms with van der Waals surface area (Å²) in [5.74, 6) is 0.150. The first-order valence-electron chi connectivity index (χ1n) is 9.24. The van der Waals surface area contributed by atoms with E-state index in [1.165, 1.54) is 6.07 Å². The lowest BCUT2D eigenvalue weighted by Crippen LogP contribution is -2.32. The maximum Gasteiger partial charge on any atom is 0.178 e. The van der Waals surface area contributed by atoms with E-state index >= 15 is 0 Å². The number of nitrogens with zero attached hydrogens (tertiary/aromatic N) is 2. The molecule has 0 radical (unpaired) electrons.